The van der Waals surface area contributed by atoms with Crippen molar-refractivity contribution in [3.8, 4) is 0 Å². The Labute approximate surface area is 133 Å². The second-order valence-electron chi connectivity index (χ2n) is 5.01. The van der Waals surface area contributed by atoms with Gasteiger partial charge in [0.25, 0.3) is 11.6 Å². The van der Waals surface area contributed by atoms with Crippen molar-refractivity contribution in [2.75, 3.05) is 0 Å². The molecule has 0 heterocycles. The van der Waals surface area contributed by atoms with E-state index in [1.807, 2.05) is 0 Å². The summed E-state index contributed by atoms with van der Waals surface area (Å²) in [4.78, 5) is 22.1. The number of nitro groups is 1. The number of carbonyl (C=O) groups excluding carboxylic acids is 1. The van der Waals surface area contributed by atoms with Gasteiger partial charge in [0.05, 0.1) is 4.92 Å². The van der Waals surface area contributed by atoms with E-state index >= 15 is 0 Å². The Balaban J connectivity index is 0.00000220. The SMILES string of the molecule is Cl.NC1CCC(NC(=O)c2ccc([N+](=O)[O-])c(Cl)c2)CC1. The molecule has 116 valence electrons. The van der Waals surface area contributed by atoms with E-state index in [1.54, 1.807) is 0 Å². The smallest absolute Gasteiger partial charge is 0.287 e. The first-order valence-electron chi connectivity index (χ1n) is 6.47. The van der Waals surface area contributed by atoms with Crippen molar-refractivity contribution in [3.63, 3.8) is 0 Å². The summed E-state index contributed by atoms with van der Waals surface area (Å²) in [5, 5.41) is 13.5. The van der Waals surface area contributed by atoms with Crippen molar-refractivity contribution in [1.29, 1.82) is 0 Å². The number of nitro benzene ring substituents is 1. The number of carbonyl (C=O) groups is 1. The average molecular weight is 334 g/mol. The Kier molecular flexibility index (Phi) is 6.39. The number of hydrogen-bond donors (Lipinski definition) is 2. The van der Waals surface area contributed by atoms with Crippen molar-refractivity contribution in [2.45, 2.75) is 37.8 Å². The van der Waals surface area contributed by atoms with Gasteiger partial charge in [0, 0.05) is 23.7 Å². The molecular weight excluding hydrogens is 317 g/mol. The van der Waals surface area contributed by atoms with Gasteiger partial charge in [-0.15, -0.1) is 12.4 Å². The highest BCUT2D eigenvalue weighted by atomic mass is 35.5. The number of nitrogens with two attached hydrogens (primary N) is 1. The standard InChI is InChI=1S/C13H16ClN3O3.ClH/c14-11-7-8(1-6-12(11)17(19)20)13(18)16-10-4-2-9(15)3-5-10;/h1,6-7,9-10H,2-5,15H2,(H,16,18);1H. The van der Waals surface area contributed by atoms with Gasteiger partial charge in [-0.1, -0.05) is 11.6 Å². The van der Waals surface area contributed by atoms with Crippen molar-refractivity contribution in [1.82, 2.24) is 5.32 Å². The number of halogens is 2. The molecule has 1 aliphatic rings. The van der Waals surface area contributed by atoms with E-state index in [0.717, 1.165) is 25.7 Å². The summed E-state index contributed by atoms with van der Waals surface area (Å²) >= 11 is 5.79. The highest BCUT2D eigenvalue weighted by molar-refractivity contribution is 6.33. The van der Waals surface area contributed by atoms with Crippen LogP contribution in [0.3, 0.4) is 0 Å². The molecule has 0 aromatic heterocycles. The number of rotatable bonds is 3. The Hall–Kier alpha value is -1.37. The van der Waals surface area contributed by atoms with Gasteiger partial charge in [-0.2, -0.15) is 0 Å². The van der Waals surface area contributed by atoms with E-state index < -0.39 is 4.92 Å². The fourth-order valence-electron chi connectivity index (χ4n) is 2.33. The number of nitrogens with one attached hydrogen (secondary N) is 1. The fraction of sp³-hybridized carbons (Fsp3) is 0.462. The summed E-state index contributed by atoms with van der Waals surface area (Å²) in [6, 6.07) is 4.30. The van der Waals surface area contributed by atoms with Gasteiger partial charge in [0.1, 0.15) is 5.02 Å². The highest BCUT2D eigenvalue weighted by Crippen LogP contribution is 2.25. The summed E-state index contributed by atoms with van der Waals surface area (Å²) in [5.74, 6) is -0.262. The van der Waals surface area contributed by atoms with Gasteiger partial charge >= 0.3 is 0 Å². The topological polar surface area (TPSA) is 98.3 Å². The first-order chi connectivity index (χ1) is 9.47. The van der Waals surface area contributed by atoms with Crippen molar-refractivity contribution < 1.29 is 9.72 Å². The molecule has 0 bridgehead atoms. The molecule has 1 aromatic rings. The lowest BCUT2D eigenvalue weighted by atomic mass is 9.91. The monoisotopic (exact) mass is 333 g/mol. The molecule has 1 aromatic carbocycles. The van der Waals surface area contributed by atoms with Crippen molar-refractivity contribution in [3.05, 3.63) is 38.9 Å². The van der Waals surface area contributed by atoms with Gasteiger partial charge in [0.2, 0.25) is 0 Å². The molecule has 21 heavy (non-hydrogen) atoms. The molecule has 1 fully saturated rings. The van der Waals surface area contributed by atoms with Crippen molar-refractivity contribution >= 4 is 35.6 Å². The van der Waals surface area contributed by atoms with E-state index in [4.69, 9.17) is 17.3 Å². The van der Waals surface area contributed by atoms with Crippen LogP contribution in [0.1, 0.15) is 36.0 Å². The number of nitrogens with zero attached hydrogens (tertiary/aromatic N) is 1. The third-order valence-electron chi connectivity index (χ3n) is 3.51. The summed E-state index contributed by atoms with van der Waals surface area (Å²) < 4.78 is 0. The zero-order valence-electron chi connectivity index (χ0n) is 11.3. The Morgan fingerprint density at radius 2 is 1.95 bits per heavy atom. The molecule has 2 rings (SSSR count). The number of hydrogen-bond acceptors (Lipinski definition) is 4. The molecule has 0 unspecified atom stereocenters. The first kappa shape index (κ1) is 17.7. The zero-order chi connectivity index (χ0) is 14.7. The molecule has 0 spiro atoms. The molecule has 1 amide bonds. The second-order valence-corrected chi connectivity index (χ2v) is 5.42. The lowest BCUT2D eigenvalue weighted by molar-refractivity contribution is -0.384. The van der Waals surface area contributed by atoms with Gasteiger partial charge in [-0.25, -0.2) is 0 Å². The summed E-state index contributed by atoms with van der Waals surface area (Å²) in [6.07, 6.45) is 3.50. The van der Waals surface area contributed by atoms with Crippen LogP contribution in [-0.2, 0) is 0 Å². The predicted molar refractivity (Wildman–Crippen MR) is 83.1 cm³/mol. The molecule has 1 saturated carbocycles. The summed E-state index contributed by atoms with van der Waals surface area (Å²) in [5.41, 5.74) is 5.94. The molecular formula is C13H17Cl2N3O3. The third-order valence-corrected chi connectivity index (χ3v) is 3.82. The van der Waals surface area contributed by atoms with E-state index in [9.17, 15) is 14.9 Å². The summed E-state index contributed by atoms with van der Waals surface area (Å²) in [6.45, 7) is 0. The third kappa shape index (κ3) is 4.56. The normalized spacial score (nSPS) is 21.2. The van der Waals surface area contributed by atoms with Crippen LogP contribution < -0.4 is 11.1 Å². The highest BCUT2D eigenvalue weighted by Gasteiger charge is 2.21. The molecule has 3 N–H and O–H groups in total. The minimum atomic E-state index is -0.577. The van der Waals surface area contributed by atoms with Crippen LogP contribution in [0, 0.1) is 10.1 Å². The minimum Gasteiger partial charge on any atom is -0.349 e. The van der Waals surface area contributed by atoms with E-state index in [2.05, 4.69) is 5.32 Å². The van der Waals surface area contributed by atoms with Gasteiger partial charge in [-0.3, -0.25) is 14.9 Å². The fourth-order valence-corrected chi connectivity index (χ4v) is 2.58. The van der Waals surface area contributed by atoms with Crippen LogP contribution >= 0.6 is 24.0 Å². The van der Waals surface area contributed by atoms with E-state index in [0.29, 0.717) is 5.56 Å². The van der Waals surface area contributed by atoms with Gasteiger partial charge in [-0.05, 0) is 37.8 Å². The maximum Gasteiger partial charge on any atom is 0.287 e. The molecule has 0 atom stereocenters. The molecule has 0 saturated heterocycles. The lowest BCUT2D eigenvalue weighted by Gasteiger charge is -2.26. The quantitative estimate of drug-likeness (QED) is 0.656. The largest absolute Gasteiger partial charge is 0.349 e. The van der Waals surface area contributed by atoms with E-state index in [1.165, 1.54) is 18.2 Å². The average Bonchev–Trinajstić information content (AvgIpc) is 2.40. The number of benzene rings is 1. The molecule has 8 heteroatoms. The van der Waals surface area contributed by atoms with Gasteiger partial charge < -0.3 is 11.1 Å². The molecule has 0 aliphatic heterocycles. The van der Waals surface area contributed by atoms with Crippen LogP contribution in [0.2, 0.25) is 5.02 Å². The second kappa shape index (κ2) is 7.59. The Morgan fingerprint density at radius 3 is 2.48 bits per heavy atom. The van der Waals surface area contributed by atoms with Crippen LogP contribution in [0.15, 0.2) is 18.2 Å². The van der Waals surface area contributed by atoms with Crippen LogP contribution in [0.5, 0.6) is 0 Å². The lowest BCUT2D eigenvalue weighted by Crippen LogP contribution is -2.40. The molecule has 6 nitrogen and oxygen atoms in total. The van der Waals surface area contributed by atoms with Crippen LogP contribution in [0.25, 0.3) is 0 Å². The molecule has 0 radical (unpaired) electrons. The van der Waals surface area contributed by atoms with Crippen LogP contribution in [0.4, 0.5) is 5.69 Å². The van der Waals surface area contributed by atoms with Crippen LogP contribution in [-0.4, -0.2) is 22.9 Å². The summed E-state index contributed by atoms with van der Waals surface area (Å²) in [7, 11) is 0. The maximum absolute atomic E-state index is 12.1. The molecule has 1 aliphatic carbocycles. The van der Waals surface area contributed by atoms with E-state index in [-0.39, 0.29) is 41.1 Å². The maximum atomic E-state index is 12.1. The Morgan fingerprint density at radius 1 is 1.33 bits per heavy atom. The number of amides is 1. The predicted octanol–water partition coefficient (Wildman–Crippen LogP) is 2.67. The minimum absolute atomic E-state index is 0. The zero-order valence-corrected chi connectivity index (χ0v) is 12.8. The van der Waals surface area contributed by atoms with Gasteiger partial charge in [0.15, 0.2) is 0 Å². The Bertz CT molecular complexity index is 531. The van der Waals surface area contributed by atoms with Crippen molar-refractivity contribution in [2.24, 2.45) is 5.73 Å². The first-order valence-corrected chi connectivity index (χ1v) is 6.85.